The van der Waals surface area contributed by atoms with Gasteiger partial charge in [-0.2, -0.15) is 0 Å². The molecular weight excluding hydrogens is 298 g/mol. The van der Waals surface area contributed by atoms with E-state index in [4.69, 9.17) is 16.7 Å². The molecule has 0 radical (unpaired) electrons. The normalized spacial score (nSPS) is 11.4. The van der Waals surface area contributed by atoms with Crippen LogP contribution < -0.4 is 10.6 Å². The number of urea groups is 1. The number of nitrogens with zero attached hydrogens (tertiary/aromatic N) is 1. The minimum atomic E-state index is -1.20. The van der Waals surface area contributed by atoms with Crippen LogP contribution in [0, 0.1) is 0 Å². The number of rotatable bonds is 4. The van der Waals surface area contributed by atoms with Crippen LogP contribution in [0.5, 0.6) is 0 Å². The molecule has 3 N–H and O–H groups in total. The molecule has 21 heavy (non-hydrogen) atoms. The number of benzene rings is 1. The molecule has 0 aliphatic heterocycles. The number of carbonyl (C=O) groups is 3. The highest BCUT2D eigenvalue weighted by molar-refractivity contribution is 6.31. The molecule has 8 heteroatoms. The lowest BCUT2D eigenvalue weighted by Crippen LogP contribution is -2.45. The molecule has 0 saturated heterocycles. The van der Waals surface area contributed by atoms with Gasteiger partial charge in [0, 0.05) is 19.1 Å². The van der Waals surface area contributed by atoms with Crippen LogP contribution in [0.15, 0.2) is 18.2 Å². The van der Waals surface area contributed by atoms with Crippen molar-refractivity contribution in [2.45, 2.75) is 13.0 Å². The third-order valence-corrected chi connectivity index (χ3v) is 2.85. The number of hydrogen-bond acceptors (Lipinski definition) is 3. The molecule has 0 fully saturated rings. The van der Waals surface area contributed by atoms with Crippen molar-refractivity contribution in [3.63, 3.8) is 0 Å². The minimum Gasteiger partial charge on any atom is -0.478 e. The number of carboxylic acids is 1. The quantitative estimate of drug-likeness (QED) is 0.787. The molecule has 3 amide bonds. The molecule has 1 atom stereocenters. The Morgan fingerprint density at radius 3 is 2.43 bits per heavy atom. The molecule has 0 aromatic heterocycles. The fourth-order valence-corrected chi connectivity index (χ4v) is 1.78. The van der Waals surface area contributed by atoms with E-state index < -0.39 is 18.0 Å². The monoisotopic (exact) mass is 313 g/mol. The number of carboxylic acid groups (broad SMARTS) is 1. The molecular formula is C13H16ClN3O4. The summed E-state index contributed by atoms with van der Waals surface area (Å²) in [5, 5.41) is 14.1. The van der Waals surface area contributed by atoms with E-state index in [1.54, 1.807) is 14.1 Å². The summed E-state index contributed by atoms with van der Waals surface area (Å²) in [6.45, 7) is 1.53. The predicted molar refractivity (Wildman–Crippen MR) is 78.7 cm³/mol. The van der Waals surface area contributed by atoms with E-state index in [0.717, 1.165) is 0 Å². The molecule has 1 aromatic carbocycles. The van der Waals surface area contributed by atoms with Gasteiger partial charge in [-0.15, -0.1) is 0 Å². The first kappa shape index (κ1) is 16.8. The summed E-state index contributed by atoms with van der Waals surface area (Å²) in [6, 6.07) is 2.58. The van der Waals surface area contributed by atoms with Crippen LogP contribution in [0.4, 0.5) is 10.5 Å². The molecule has 1 aromatic rings. The van der Waals surface area contributed by atoms with Gasteiger partial charge in [-0.3, -0.25) is 4.79 Å². The second-order valence-corrected chi connectivity index (χ2v) is 4.98. The highest BCUT2D eigenvalue weighted by Gasteiger charge is 2.18. The Kier molecular flexibility index (Phi) is 5.54. The number of likely N-dealkylation sites (N-methyl/N-ethyl adjacent to an activating group) is 1. The predicted octanol–water partition coefficient (Wildman–Crippen LogP) is 1.64. The van der Waals surface area contributed by atoms with Gasteiger partial charge in [0.15, 0.2) is 0 Å². The third-order valence-electron chi connectivity index (χ3n) is 2.62. The summed E-state index contributed by atoms with van der Waals surface area (Å²) in [5.74, 6) is -1.48. The van der Waals surface area contributed by atoms with Gasteiger partial charge in [-0.25, -0.2) is 9.59 Å². The molecule has 7 nitrogen and oxygen atoms in total. The summed E-state index contributed by atoms with van der Waals surface area (Å²) in [7, 11) is 3.13. The van der Waals surface area contributed by atoms with Crippen molar-refractivity contribution in [1.82, 2.24) is 10.2 Å². The van der Waals surface area contributed by atoms with E-state index >= 15 is 0 Å². The highest BCUT2D eigenvalue weighted by Crippen LogP contribution is 2.21. The number of amides is 3. The number of hydrogen-bond donors (Lipinski definition) is 3. The SMILES string of the molecule is CC(NC(=O)Nc1cc(Cl)ccc1C(=O)O)C(=O)N(C)C. The van der Waals surface area contributed by atoms with Crippen molar-refractivity contribution in [2.75, 3.05) is 19.4 Å². The highest BCUT2D eigenvalue weighted by atomic mass is 35.5. The lowest BCUT2D eigenvalue weighted by atomic mass is 10.2. The first-order valence-electron chi connectivity index (χ1n) is 6.04. The van der Waals surface area contributed by atoms with Gasteiger partial charge in [0.05, 0.1) is 11.3 Å². The third kappa shape index (κ3) is 4.64. The summed E-state index contributed by atoms with van der Waals surface area (Å²) < 4.78 is 0. The molecule has 0 aliphatic rings. The first-order chi connectivity index (χ1) is 9.72. The van der Waals surface area contributed by atoms with Crippen molar-refractivity contribution < 1.29 is 19.5 Å². The topological polar surface area (TPSA) is 98.7 Å². The van der Waals surface area contributed by atoms with Gasteiger partial charge in [0.2, 0.25) is 5.91 Å². The zero-order valence-corrected chi connectivity index (χ0v) is 12.6. The Bertz CT molecular complexity index is 575. The Morgan fingerprint density at radius 1 is 1.29 bits per heavy atom. The van der Waals surface area contributed by atoms with Crippen LogP contribution in [0.3, 0.4) is 0 Å². The lowest BCUT2D eigenvalue weighted by molar-refractivity contribution is -0.130. The summed E-state index contributed by atoms with van der Waals surface area (Å²) >= 11 is 5.78. The van der Waals surface area contributed by atoms with Gasteiger partial charge < -0.3 is 20.6 Å². The van der Waals surface area contributed by atoms with Crippen LogP contribution in [0.1, 0.15) is 17.3 Å². The molecule has 0 bridgehead atoms. The van der Waals surface area contributed by atoms with Crippen molar-refractivity contribution in [2.24, 2.45) is 0 Å². The summed E-state index contributed by atoms with van der Waals surface area (Å²) in [6.07, 6.45) is 0. The fourth-order valence-electron chi connectivity index (χ4n) is 1.61. The summed E-state index contributed by atoms with van der Waals surface area (Å²) in [4.78, 5) is 35.8. The Labute approximate surface area is 126 Å². The summed E-state index contributed by atoms with van der Waals surface area (Å²) in [5.41, 5.74) is -0.0434. The maximum absolute atomic E-state index is 11.8. The fraction of sp³-hybridized carbons (Fsp3) is 0.308. The molecule has 0 saturated carbocycles. The van der Waals surface area contributed by atoms with Crippen molar-refractivity contribution in [3.05, 3.63) is 28.8 Å². The van der Waals surface area contributed by atoms with E-state index in [1.807, 2.05) is 0 Å². The van der Waals surface area contributed by atoms with Crippen LogP contribution in [-0.4, -0.2) is 48.1 Å². The van der Waals surface area contributed by atoms with Gasteiger partial charge in [-0.05, 0) is 25.1 Å². The van der Waals surface area contributed by atoms with Crippen LogP contribution in [0.2, 0.25) is 5.02 Å². The van der Waals surface area contributed by atoms with Gasteiger partial charge >= 0.3 is 12.0 Å². The molecule has 0 heterocycles. The van der Waals surface area contributed by atoms with Crippen LogP contribution in [-0.2, 0) is 4.79 Å². The zero-order valence-electron chi connectivity index (χ0n) is 11.8. The molecule has 114 valence electrons. The van der Waals surface area contributed by atoms with E-state index in [2.05, 4.69) is 10.6 Å². The Morgan fingerprint density at radius 2 is 1.90 bits per heavy atom. The largest absolute Gasteiger partial charge is 0.478 e. The number of anilines is 1. The lowest BCUT2D eigenvalue weighted by Gasteiger charge is -2.18. The minimum absolute atomic E-state index is 0.0528. The average molecular weight is 314 g/mol. The molecule has 1 rings (SSSR count). The van der Waals surface area contributed by atoms with Crippen LogP contribution >= 0.6 is 11.6 Å². The van der Waals surface area contributed by atoms with Gasteiger partial charge in [0.25, 0.3) is 0 Å². The molecule has 0 spiro atoms. The average Bonchev–Trinajstić information content (AvgIpc) is 2.36. The van der Waals surface area contributed by atoms with Gasteiger partial charge in [0.1, 0.15) is 6.04 Å². The van der Waals surface area contributed by atoms with Crippen molar-refractivity contribution in [1.29, 1.82) is 0 Å². The smallest absolute Gasteiger partial charge is 0.337 e. The van der Waals surface area contributed by atoms with Crippen LogP contribution in [0.25, 0.3) is 0 Å². The second-order valence-electron chi connectivity index (χ2n) is 4.55. The maximum atomic E-state index is 11.8. The Balaban J connectivity index is 2.82. The molecule has 1 unspecified atom stereocenters. The second kappa shape index (κ2) is 6.94. The van der Waals surface area contributed by atoms with E-state index in [0.29, 0.717) is 0 Å². The van der Waals surface area contributed by atoms with E-state index in [9.17, 15) is 14.4 Å². The number of halogens is 1. The van der Waals surface area contributed by atoms with E-state index in [1.165, 1.54) is 30.0 Å². The van der Waals surface area contributed by atoms with Crippen molar-refractivity contribution in [3.8, 4) is 0 Å². The van der Waals surface area contributed by atoms with Gasteiger partial charge in [-0.1, -0.05) is 11.6 Å². The first-order valence-corrected chi connectivity index (χ1v) is 6.41. The van der Waals surface area contributed by atoms with Crippen molar-refractivity contribution >= 4 is 35.2 Å². The molecule has 0 aliphatic carbocycles. The number of carbonyl (C=O) groups excluding carboxylic acids is 2. The maximum Gasteiger partial charge on any atom is 0.337 e. The Hall–Kier alpha value is -2.28. The zero-order chi connectivity index (χ0) is 16.2. The number of nitrogens with one attached hydrogen (secondary N) is 2. The number of aromatic carboxylic acids is 1. The van der Waals surface area contributed by atoms with E-state index in [-0.39, 0.29) is 22.2 Å². The standard InChI is InChI=1S/C13H16ClN3O4/c1-7(11(18)17(2)3)15-13(21)16-10-6-8(14)4-5-9(10)12(19)20/h4-7H,1-3H3,(H,19,20)(H2,15,16,21).